The fraction of sp³-hybridized carbons (Fsp3) is 0.500. The normalized spacial score (nSPS) is 10.6. The Kier molecular flexibility index (Phi) is 6.32. The third-order valence-electron chi connectivity index (χ3n) is 2.73. The summed E-state index contributed by atoms with van der Waals surface area (Å²) >= 11 is 0. The van der Waals surface area contributed by atoms with Gasteiger partial charge in [-0.3, -0.25) is 4.79 Å². The van der Waals surface area contributed by atoms with Crippen molar-refractivity contribution in [1.82, 2.24) is 10.2 Å². The van der Waals surface area contributed by atoms with Crippen LogP contribution in [0.2, 0.25) is 0 Å². The summed E-state index contributed by atoms with van der Waals surface area (Å²) in [5, 5.41) is 3.12. The standard InChI is InChI=1S/C14H22N2O3/c1-16(2)8-7-15-10-13(17)12-9-11(18-3)5-6-14(12)19-4/h5-6,9,15H,7-8,10H2,1-4H3. The van der Waals surface area contributed by atoms with Crippen LogP contribution >= 0.6 is 0 Å². The molecule has 0 spiro atoms. The summed E-state index contributed by atoms with van der Waals surface area (Å²) in [6, 6.07) is 5.22. The lowest BCUT2D eigenvalue weighted by molar-refractivity contribution is 0.0987. The molecule has 19 heavy (non-hydrogen) atoms. The van der Waals surface area contributed by atoms with Gasteiger partial charge in [0.05, 0.1) is 26.3 Å². The van der Waals surface area contributed by atoms with Gasteiger partial charge in [-0.25, -0.2) is 0 Å². The minimum atomic E-state index is -0.00509. The molecule has 5 heteroatoms. The van der Waals surface area contributed by atoms with Gasteiger partial charge in [-0.1, -0.05) is 0 Å². The van der Waals surface area contributed by atoms with Crippen LogP contribution in [0.25, 0.3) is 0 Å². The molecule has 1 aromatic rings. The van der Waals surface area contributed by atoms with Gasteiger partial charge in [-0.15, -0.1) is 0 Å². The van der Waals surface area contributed by atoms with Crippen molar-refractivity contribution < 1.29 is 14.3 Å². The first-order chi connectivity index (χ1) is 9.08. The van der Waals surface area contributed by atoms with Gasteiger partial charge in [0.2, 0.25) is 0 Å². The van der Waals surface area contributed by atoms with Crippen LogP contribution in [0.1, 0.15) is 10.4 Å². The maximum absolute atomic E-state index is 12.1. The van der Waals surface area contributed by atoms with Crippen molar-refractivity contribution in [2.75, 3.05) is 47.9 Å². The Hall–Kier alpha value is -1.59. The van der Waals surface area contributed by atoms with E-state index in [0.29, 0.717) is 17.1 Å². The van der Waals surface area contributed by atoms with E-state index < -0.39 is 0 Å². The van der Waals surface area contributed by atoms with E-state index in [9.17, 15) is 4.79 Å². The highest BCUT2D eigenvalue weighted by Gasteiger charge is 2.13. The summed E-state index contributed by atoms with van der Waals surface area (Å²) in [4.78, 5) is 14.2. The Labute approximate surface area is 114 Å². The number of hydrogen-bond acceptors (Lipinski definition) is 5. The van der Waals surface area contributed by atoms with Crippen LogP contribution in [-0.4, -0.2) is 58.6 Å². The molecule has 0 amide bonds. The minimum Gasteiger partial charge on any atom is -0.497 e. The van der Waals surface area contributed by atoms with Gasteiger partial charge in [-0.2, -0.15) is 0 Å². The van der Waals surface area contributed by atoms with Gasteiger partial charge in [0.15, 0.2) is 5.78 Å². The Balaban J connectivity index is 2.64. The Morgan fingerprint density at radius 1 is 1.26 bits per heavy atom. The summed E-state index contributed by atoms with van der Waals surface area (Å²) in [6.07, 6.45) is 0. The number of rotatable bonds is 8. The number of hydrogen-bond donors (Lipinski definition) is 1. The molecule has 0 saturated heterocycles. The zero-order valence-corrected chi connectivity index (χ0v) is 12.0. The summed E-state index contributed by atoms with van der Waals surface area (Å²) in [5.41, 5.74) is 0.541. The van der Waals surface area contributed by atoms with Gasteiger partial charge < -0.3 is 19.7 Å². The van der Waals surface area contributed by atoms with Gasteiger partial charge in [0.25, 0.3) is 0 Å². The lowest BCUT2D eigenvalue weighted by Gasteiger charge is -2.12. The number of nitrogens with one attached hydrogen (secondary N) is 1. The van der Waals surface area contributed by atoms with Crippen LogP contribution in [0.15, 0.2) is 18.2 Å². The van der Waals surface area contributed by atoms with Crippen molar-refractivity contribution in [1.29, 1.82) is 0 Å². The summed E-state index contributed by atoms with van der Waals surface area (Å²) in [7, 11) is 7.12. The van der Waals surface area contributed by atoms with E-state index in [4.69, 9.17) is 9.47 Å². The van der Waals surface area contributed by atoms with Crippen LogP contribution in [0.3, 0.4) is 0 Å². The number of methoxy groups -OCH3 is 2. The third kappa shape index (κ3) is 4.89. The predicted octanol–water partition coefficient (Wildman–Crippen LogP) is 1.04. The summed E-state index contributed by atoms with van der Waals surface area (Å²) in [5.74, 6) is 1.21. The fourth-order valence-corrected chi connectivity index (χ4v) is 1.63. The predicted molar refractivity (Wildman–Crippen MR) is 75.3 cm³/mol. The maximum atomic E-state index is 12.1. The van der Waals surface area contributed by atoms with Crippen molar-refractivity contribution in [2.45, 2.75) is 0 Å². The Morgan fingerprint density at radius 3 is 2.58 bits per heavy atom. The molecule has 1 N–H and O–H groups in total. The highest BCUT2D eigenvalue weighted by Crippen LogP contribution is 2.24. The number of ketones is 1. The summed E-state index contributed by atoms with van der Waals surface area (Å²) in [6.45, 7) is 1.95. The molecule has 0 saturated carbocycles. The second-order valence-corrected chi connectivity index (χ2v) is 4.47. The molecule has 0 atom stereocenters. The highest BCUT2D eigenvalue weighted by atomic mass is 16.5. The maximum Gasteiger partial charge on any atom is 0.180 e. The number of nitrogens with zero attached hydrogens (tertiary/aromatic N) is 1. The van der Waals surface area contributed by atoms with E-state index in [-0.39, 0.29) is 12.3 Å². The molecule has 0 fully saturated rings. The molecule has 0 aliphatic heterocycles. The number of benzene rings is 1. The first-order valence-corrected chi connectivity index (χ1v) is 6.19. The summed E-state index contributed by atoms with van der Waals surface area (Å²) < 4.78 is 10.3. The second kappa shape index (κ2) is 7.76. The van der Waals surface area contributed by atoms with Gasteiger partial charge in [0, 0.05) is 13.1 Å². The lowest BCUT2D eigenvalue weighted by Crippen LogP contribution is -2.30. The first kappa shape index (κ1) is 15.5. The van der Waals surface area contributed by atoms with Crippen LogP contribution in [0.4, 0.5) is 0 Å². The topological polar surface area (TPSA) is 50.8 Å². The smallest absolute Gasteiger partial charge is 0.180 e. The molecule has 5 nitrogen and oxygen atoms in total. The Morgan fingerprint density at radius 2 is 2.00 bits per heavy atom. The first-order valence-electron chi connectivity index (χ1n) is 6.19. The molecule has 0 aromatic heterocycles. The van der Waals surface area contributed by atoms with Crippen LogP contribution in [0, 0.1) is 0 Å². The number of carbonyl (C=O) groups is 1. The number of Topliss-reactive ketones (excluding diaryl/α,β-unsaturated/α-hetero) is 1. The molecule has 1 rings (SSSR count). The average Bonchev–Trinajstić information content (AvgIpc) is 2.42. The molecule has 106 valence electrons. The van der Waals surface area contributed by atoms with Gasteiger partial charge in [0.1, 0.15) is 11.5 Å². The van der Waals surface area contributed by atoms with E-state index in [1.165, 1.54) is 0 Å². The number of carbonyl (C=O) groups excluding carboxylic acids is 1. The van der Waals surface area contributed by atoms with Crippen molar-refractivity contribution in [3.8, 4) is 11.5 Å². The largest absolute Gasteiger partial charge is 0.497 e. The molecular weight excluding hydrogens is 244 g/mol. The van der Waals surface area contributed by atoms with Crippen molar-refractivity contribution in [3.63, 3.8) is 0 Å². The molecule has 0 radical (unpaired) electrons. The van der Waals surface area contributed by atoms with E-state index in [2.05, 4.69) is 10.2 Å². The van der Waals surface area contributed by atoms with E-state index >= 15 is 0 Å². The van der Waals surface area contributed by atoms with Gasteiger partial charge in [-0.05, 0) is 32.3 Å². The molecule has 0 unspecified atom stereocenters. The number of ether oxygens (including phenoxy) is 2. The average molecular weight is 266 g/mol. The zero-order chi connectivity index (χ0) is 14.3. The molecule has 0 aliphatic carbocycles. The van der Waals surface area contributed by atoms with Crippen LogP contribution in [0.5, 0.6) is 11.5 Å². The monoisotopic (exact) mass is 266 g/mol. The Bertz CT molecular complexity index is 419. The zero-order valence-electron chi connectivity index (χ0n) is 12.0. The molecular formula is C14H22N2O3. The van der Waals surface area contributed by atoms with E-state index in [1.807, 2.05) is 14.1 Å². The lowest BCUT2D eigenvalue weighted by atomic mass is 10.1. The molecule has 1 aromatic carbocycles. The highest BCUT2D eigenvalue weighted by molar-refractivity contribution is 6.00. The minimum absolute atomic E-state index is 0.00509. The molecule has 0 bridgehead atoms. The molecule has 0 heterocycles. The number of likely N-dealkylation sites (N-methyl/N-ethyl adjacent to an activating group) is 1. The van der Waals surface area contributed by atoms with Gasteiger partial charge >= 0.3 is 0 Å². The quantitative estimate of drug-likeness (QED) is 0.563. The van der Waals surface area contributed by atoms with Crippen molar-refractivity contribution in [2.24, 2.45) is 0 Å². The third-order valence-corrected chi connectivity index (χ3v) is 2.73. The molecule has 0 aliphatic rings. The van der Waals surface area contributed by atoms with Crippen LogP contribution in [-0.2, 0) is 0 Å². The second-order valence-electron chi connectivity index (χ2n) is 4.47. The van der Waals surface area contributed by atoms with Crippen molar-refractivity contribution in [3.05, 3.63) is 23.8 Å². The van der Waals surface area contributed by atoms with Crippen molar-refractivity contribution >= 4 is 5.78 Å². The SMILES string of the molecule is COc1ccc(OC)c(C(=O)CNCCN(C)C)c1. The van der Waals surface area contributed by atoms with E-state index in [1.54, 1.807) is 32.4 Å². The van der Waals surface area contributed by atoms with Crippen LogP contribution < -0.4 is 14.8 Å². The van der Waals surface area contributed by atoms with E-state index in [0.717, 1.165) is 13.1 Å². The fourth-order valence-electron chi connectivity index (χ4n) is 1.63.